The number of carbonyl (C=O) groups excluding carboxylic acids is 1. The Labute approximate surface area is 144 Å². The third kappa shape index (κ3) is 3.14. The molecule has 1 N–H and O–H groups in total. The number of amides is 1. The van der Waals surface area contributed by atoms with E-state index in [4.69, 9.17) is 0 Å². The predicted octanol–water partition coefficient (Wildman–Crippen LogP) is 2.54. The first-order chi connectivity index (χ1) is 12.3. The maximum atomic E-state index is 12.3. The van der Waals surface area contributed by atoms with Crippen molar-refractivity contribution >= 4 is 16.8 Å². The van der Waals surface area contributed by atoms with Crippen molar-refractivity contribution in [1.82, 2.24) is 24.6 Å². The minimum atomic E-state index is -0.0658. The number of para-hydroxylation sites is 2. The average Bonchev–Trinajstić information content (AvgIpc) is 3.28. The van der Waals surface area contributed by atoms with Crippen LogP contribution in [-0.2, 0) is 17.9 Å². The average molecular weight is 331 g/mol. The van der Waals surface area contributed by atoms with Crippen LogP contribution in [-0.4, -0.2) is 25.2 Å². The molecule has 2 aromatic heterocycles. The molecule has 0 aliphatic heterocycles. The second-order valence-electron chi connectivity index (χ2n) is 5.73. The Bertz CT molecular complexity index is 1000. The first kappa shape index (κ1) is 15.1. The van der Waals surface area contributed by atoms with E-state index in [1.165, 1.54) is 0 Å². The van der Waals surface area contributed by atoms with Gasteiger partial charge in [-0.2, -0.15) is 0 Å². The lowest BCUT2D eigenvalue weighted by Gasteiger charge is -2.09. The molecule has 6 nitrogen and oxygen atoms in total. The molecule has 0 aliphatic rings. The minimum Gasteiger partial charge on any atom is -0.347 e. The molecule has 0 fully saturated rings. The number of hydrogen-bond donors (Lipinski definition) is 1. The number of carbonyl (C=O) groups is 1. The number of aromatic nitrogens is 4. The fourth-order valence-corrected chi connectivity index (χ4v) is 2.85. The molecule has 0 unspecified atom stereocenters. The van der Waals surface area contributed by atoms with E-state index in [2.05, 4.69) is 15.5 Å². The second kappa shape index (κ2) is 6.60. The molecule has 2 heterocycles. The largest absolute Gasteiger partial charge is 0.347 e. The summed E-state index contributed by atoms with van der Waals surface area (Å²) < 4.78 is 3.80. The standard InChI is InChI=1S/C19H17N5O/c25-19(13-23-11-10-15-6-4-5-9-17(15)23)20-12-18-22-21-14-24(18)16-7-2-1-3-8-16/h1-11,14H,12-13H2,(H,20,25). The Morgan fingerprint density at radius 1 is 1.00 bits per heavy atom. The van der Waals surface area contributed by atoms with Crippen molar-refractivity contribution in [2.24, 2.45) is 0 Å². The zero-order chi connectivity index (χ0) is 17.1. The molecule has 4 aromatic rings. The Balaban J connectivity index is 1.44. The summed E-state index contributed by atoms with van der Waals surface area (Å²) in [6.07, 6.45) is 3.58. The van der Waals surface area contributed by atoms with Gasteiger partial charge in [-0.25, -0.2) is 0 Å². The first-order valence-corrected chi connectivity index (χ1v) is 8.06. The maximum absolute atomic E-state index is 12.3. The highest BCUT2D eigenvalue weighted by Crippen LogP contribution is 2.14. The molecule has 4 rings (SSSR count). The smallest absolute Gasteiger partial charge is 0.240 e. The lowest BCUT2D eigenvalue weighted by Crippen LogP contribution is -2.28. The van der Waals surface area contributed by atoms with Gasteiger partial charge in [0, 0.05) is 17.4 Å². The second-order valence-corrected chi connectivity index (χ2v) is 5.73. The summed E-state index contributed by atoms with van der Waals surface area (Å²) in [5.41, 5.74) is 2.01. The summed E-state index contributed by atoms with van der Waals surface area (Å²) >= 11 is 0. The highest BCUT2D eigenvalue weighted by atomic mass is 16.1. The predicted molar refractivity (Wildman–Crippen MR) is 95.1 cm³/mol. The number of nitrogens with zero attached hydrogens (tertiary/aromatic N) is 4. The first-order valence-electron chi connectivity index (χ1n) is 8.06. The summed E-state index contributed by atoms with van der Waals surface area (Å²) in [5.74, 6) is 0.626. The molecule has 0 bridgehead atoms. The van der Waals surface area contributed by atoms with E-state index in [1.807, 2.05) is 76.0 Å². The van der Waals surface area contributed by atoms with Crippen LogP contribution in [0.15, 0.2) is 73.2 Å². The van der Waals surface area contributed by atoms with Gasteiger partial charge in [-0.1, -0.05) is 36.4 Å². The Hall–Kier alpha value is -3.41. The number of benzene rings is 2. The van der Waals surface area contributed by atoms with Crippen LogP contribution in [0.25, 0.3) is 16.6 Å². The topological polar surface area (TPSA) is 64.7 Å². The van der Waals surface area contributed by atoms with Crippen LogP contribution in [0, 0.1) is 0 Å². The van der Waals surface area contributed by atoms with E-state index < -0.39 is 0 Å². The number of hydrogen-bond acceptors (Lipinski definition) is 3. The van der Waals surface area contributed by atoms with E-state index in [9.17, 15) is 4.79 Å². The van der Waals surface area contributed by atoms with Crippen molar-refractivity contribution in [3.05, 3.63) is 79.0 Å². The molecule has 0 atom stereocenters. The molecule has 0 radical (unpaired) electrons. The van der Waals surface area contributed by atoms with Crippen LogP contribution < -0.4 is 5.32 Å². The van der Waals surface area contributed by atoms with E-state index >= 15 is 0 Å². The van der Waals surface area contributed by atoms with Crippen LogP contribution >= 0.6 is 0 Å². The summed E-state index contributed by atoms with van der Waals surface area (Å²) in [6.45, 7) is 0.597. The Morgan fingerprint density at radius 3 is 2.68 bits per heavy atom. The van der Waals surface area contributed by atoms with E-state index in [0.717, 1.165) is 16.6 Å². The van der Waals surface area contributed by atoms with Gasteiger partial charge in [-0.05, 0) is 29.7 Å². The van der Waals surface area contributed by atoms with Crippen molar-refractivity contribution in [2.45, 2.75) is 13.1 Å². The molecule has 0 spiro atoms. The molecular formula is C19H17N5O. The van der Waals surface area contributed by atoms with Gasteiger partial charge in [0.05, 0.1) is 6.54 Å². The summed E-state index contributed by atoms with van der Waals surface area (Å²) in [7, 11) is 0. The van der Waals surface area contributed by atoms with Crippen LogP contribution in [0.1, 0.15) is 5.82 Å². The Morgan fingerprint density at radius 2 is 1.80 bits per heavy atom. The van der Waals surface area contributed by atoms with Crippen LogP contribution in [0.4, 0.5) is 0 Å². The third-order valence-electron chi connectivity index (χ3n) is 4.09. The van der Waals surface area contributed by atoms with Crippen LogP contribution in [0.5, 0.6) is 0 Å². The van der Waals surface area contributed by atoms with E-state index in [1.54, 1.807) is 6.33 Å². The van der Waals surface area contributed by atoms with Gasteiger partial charge in [-0.15, -0.1) is 10.2 Å². The minimum absolute atomic E-state index is 0.0658. The maximum Gasteiger partial charge on any atom is 0.240 e. The molecular weight excluding hydrogens is 314 g/mol. The van der Waals surface area contributed by atoms with E-state index in [0.29, 0.717) is 12.4 Å². The number of fused-ring (bicyclic) bond motifs is 1. The van der Waals surface area contributed by atoms with Crippen molar-refractivity contribution < 1.29 is 4.79 Å². The lowest BCUT2D eigenvalue weighted by atomic mass is 10.2. The number of rotatable bonds is 5. The third-order valence-corrected chi connectivity index (χ3v) is 4.09. The van der Waals surface area contributed by atoms with Gasteiger partial charge >= 0.3 is 0 Å². The normalized spacial score (nSPS) is 10.9. The molecule has 0 aliphatic carbocycles. The molecule has 6 heteroatoms. The van der Waals surface area contributed by atoms with Crippen molar-refractivity contribution in [3.63, 3.8) is 0 Å². The van der Waals surface area contributed by atoms with Gasteiger partial charge in [0.15, 0.2) is 5.82 Å². The summed E-state index contributed by atoms with van der Waals surface area (Å²) in [4.78, 5) is 12.3. The monoisotopic (exact) mass is 331 g/mol. The molecule has 124 valence electrons. The van der Waals surface area contributed by atoms with Gasteiger partial charge in [0.25, 0.3) is 0 Å². The quantitative estimate of drug-likeness (QED) is 0.611. The van der Waals surface area contributed by atoms with Gasteiger partial charge < -0.3 is 9.88 Å². The van der Waals surface area contributed by atoms with E-state index in [-0.39, 0.29) is 12.5 Å². The highest BCUT2D eigenvalue weighted by Gasteiger charge is 2.09. The molecule has 0 saturated heterocycles. The Kier molecular flexibility index (Phi) is 4.00. The van der Waals surface area contributed by atoms with Gasteiger partial charge in [-0.3, -0.25) is 9.36 Å². The molecule has 0 saturated carbocycles. The lowest BCUT2D eigenvalue weighted by molar-refractivity contribution is -0.121. The molecule has 1 amide bonds. The van der Waals surface area contributed by atoms with Gasteiger partial charge in [0.2, 0.25) is 5.91 Å². The van der Waals surface area contributed by atoms with Crippen LogP contribution in [0.3, 0.4) is 0 Å². The fraction of sp³-hybridized carbons (Fsp3) is 0.105. The SMILES string of the molecule is O=C(Cn1ccc2ccccc21)NCc1nncn1-c1ccccc1. The summed E-state index contributed by atoms with van der Waals surface area (Å²) in [6, 6.07) is 19.8. The zero-order valence-corrected chi connectivity index (χ0v) is 13.5. The fourth-order valence-electron chi connectivity index (χ4n) is 2.85. The van der Waals surface area contributed by atoms with Crippen LogP contribution in [0.2, 0.25) is 0 Å². The molecule has 25 heavy (non-hydrogen) atoms. The van der Waals surface area contributed by atoms with Gasteiger partial charge in [0.1, 0.15) is 12.9 Å². The van der Waals surface area contributed by atoms with Crippen molar-refractivity contribution in [3.8, 4) is 5.69 Å². The number of nitrogens with one attached hydrogen (secondary N) is 1. The van der Waals surface area contributed by atoms with Crippen molar-refractivity contribution in [2.75, 3.05) is 0 Å². The van der Waals surface area contributed by atoms with Crippen molar-refractivity contribution in [1.29, 1.82) is 0 Å². The zero-order valence-electron chi connectivity index (χ0n) is 13.5. The molecule has 2 aromatic carbocycles. The summed E-state index contributed by atoms with van der Waals surface area (Å²) in [5, 5.41) is 12.1. The highest BCUT2D eigenvalue weighted by molar-refractivity contribution is 5.83.